The van der Waals surface area contributed by atoms with Crippen LogP contribution in [-0.2, 0) is 75.2 Å². The summed E-state index contributed by atoms with van der Waals surface area (Å²) in [6, 6.07) is -2.08. The molecule has 0 saturated heterocycles. The number of benzene rings is 2. The summed E-state index contributed by atoms with van der Waals surface area (Å²) in [5.74, 6) is -13.3. The average molecular weight is 1470 g/mol. The van der Waals surface area contributed by atoms with Gasteiger partial charge >= 0.3 is 5.97 Å². The molecule has 580 valence electrons. The van der Waals surface area contributed by atoms with Crippen molar-refractivity contribution in [3.05, 3.63) is 59.7 Å². The maximum Gasteiger partial charge on any atom is 0.322 e. The van der Waals surface area contributed by atoms with Gasteiger partial charge in [-0.25, -0.2) is 16.3 Å². The number of hydrogen-bond donors (Lipinski definition) is 25. The monoisotopic (exact) mass is 1470 g/mol. The number of hydrogen-bond acceptors (Lipinski definition) is 23. The zero-order chi connectivity index (χ0) is 78.2. The summed E-state index contributed by atoms with van der Waals surface area (Å²) in [6.45, 7) is 8.03. The van der Waals surface area contributed by atoms with Crippen molar-refractivity contribution in [1.29, 1.82) is 0 Å². The van der Waals surface area contributed by atoms with Gasteiger partial charge in [0.1, 0.15) is 72.4 Å². The topological polar surface area (TPSA) is 678 Å². The number of carbonyl (C=O) groups is 13. The number of aromatic hydroxyl groups is 2. The Kier molecular flexibility index (Phi) is 41.0. The van der Waals surface area contributed by atoms with E-state index in [0.29, 0.717) is 24.0 Å². The summed E-state index contributed by atoms with van der Waals surface area (Å²) >= 11 is 0. The van der Waals surface area contributed by atoms with Crippen LogP contribution >= 0.6 is 0 Å². The predicted molar refractivity (Wildman–Crippen MR) is 379 cm³/mol. The maximum absolute atomic E-state index is 14.3. The maximum atomic E-state index is 14.3. The van der Waals surface area contributed by atoms with Gasteiger partial charge < -0.3 is 103 Å². The number of aliphatic carboxylic acids is 1. The number of nitrogens with one attached hydrogen (secondary N) is 14. The highest BCUT2D eigenvalue weighted by Crippen LogP contribution is 2.15. The smallest absolute Gasteiger partial charge is 0.322 e. The lowest BCUT2D eigenvalue weighted by Gasteiger charge is -2.28. The lowest BCUT2D eigenvalue weighted by atomic mass is 10.00. The van der Waals surface area contributed by atoms with Crippen molar-refractivity contribution in [2.45, 2.75) is 192 Å². The van der Waals surface area contributed by atoms with Crippen LogP contribution in [0.3, 0.4) is 0 Å². The van der Waals surface area contributed by atoms with Crippen LogP contribution in [0, 0.1) is 11.8 Å². The number of carboxylic acids is 1. The van der Waals surface area contributed by atoms with E-state index in [4.69, 9.17) is 40.1 Å². The molecule has 0 radical (unpaired) electrons. The number of amides is 12. The van der Waals surface area contributed by atoms with Crippen LogP contribution < -0.4 is 115 Å². The van der Waals surface area contributed by atoms with Crippen LogP contribution in [0.2, 0.25) is 0 Å². The molecular weight excluding hydrogens is 1360 g/mol. The Hall–Kier alpha value is -10.6. The molecule has 2 aromatic carbocycles. The number of carboxylic acid groups (broad SMARTS) is 1. The fourth-order valence-corrected chi connectivity index (χ4v) is 9.73. The van der Waals surface area contributed by atoms with Crippen LogP contribution in [0.5, 0.6) is 11.5 Å². The van der Waals surface area contributed by atoms with Gasteiger partial charge in [0, 0.05) is 25.9 Å². The Labute approximate surface area is 602 Å². The molecule has 104 heavy (non-hydrogen) atoms. The standard InChI is InChI=1S/C64H107N23O17/c1-33(2)27-46(60(102)79-47(56(98)75-32-51(93)94)30-38-16-20-40(90)21-17-38)80-62(104)52(36(6)88)81-58(100)42(12-9-25-72-63(68)69)76-50(92)31-74-55(97)44(22-23-49(67)91)78-57(99)43(13-10-26-73-64(70)71)77-59(101)45(11-7-8-24-65)83-87-61(103)48(28-34(3)4)84-85-53(95)35(5)82-86-54(96)41(66)29-37-14-18-39(89)19-15-37/h14-21,33-36,41-48,52,82-84,88-90H,7-13,22-32,65-66H2,1-6H3,(H2,67,91)(H,74,97)(H,75,98)(H,76,92)(H,77,101)(H,78,99)(H,79,102)(H,80,104)(H,81,100)(H,85,95)(H,86,96)(H,87,103)(H,93,94)(H4,68,69,72)(H4,70,71,73)/t35-,36+,41-,42-,43-,44-,45-,46-,47-,48-,52-/m0/s1. The zero-order valence-electron chi connectivity index (χ0n) is 59.4. The molecule has 0 spiro atoms. The van der Waals surface area contributed by atoms with Crippen LogP contribution in [0.15, 0.2) is 58.5 Å². The third-order valence-electron chi connectivity index (χ3n) is 15.3. The van der Waals surface area contributed by atoms with Gasteiger partial charge in [0.15, 0.2) is 11.9 Å². The van der Waals surface area contributed by atoms with Gasteiger partial charge in [-0.2, -0.15) is 0 Å². The Morgan fingerprint density at radius 3 is 1.39 bits per heavy atom. The van der Waals surface area contributed by atoms with E-state index in [1.165, 1.54) is 43.3 Å². The van der Waals surface area contributed by atoms with E-state index in [2.05, 4.69) is 85.1 Å². The van der Waals surface area contributed by atoms with E-state index in [-0.39, 0.29) is 113 Å². The van der Waals surface area contributed by atoms with Crippen molar-refractivity contribution in [2.24, 2.45) is 62.0 Å². The third-order valence-corrected chi connectivity index (χ3v) is 15.3. The molecule has 0 aliphatic carbocycles. The fraction of sp³-hybridized carbons (Fsp3) is 0.578. The molecule has 0 saturated carbocycles. The van der Waals surface area contributed by atoms with Crippen molar-refractivity contribution in [2.75, 3.05) is 32.7 Å². The first-order valence-electron chi connectivity index (χ1n) is 33.8. The molecule has 12 amide bonds. The number of primary amides is 1. The van der Waals surface area contributed by atoms with Gasteiger partial charge in [0.2, 0.25) is 53.2 Å². The predicted octanol–water partition coefficient (Wildman–Crippen LogP) is -7.60. The van der Waals surface area contributed by atoms with Gasteiger partial charge in [-0.3, -0.25) is 88.6 Å². The number of rotatable bonds is 50. The number of hydrazine groups is 3. The minimum absolute atomic E-state index is 0.0177. The second-order valence-corrected chi connectivity index (χ2v) is 25.4. The highest BCUT2D eigenvalue weighted by molar-refractivity contribution is 5.98. The fourth-order valence-electron chi connectivity index (χ4n) is 9.73. The minimum atomic E-state index is -1.82. The van der Waals surface area contributed by atoms with Crippen molar-refractivity contribution < 1.29 is 82.8 Å². The molecule has 40 nitrogen and oxygen atoms in total. The Bertz CT molecular complexity index is 3210. The number of aliphatic hydroxyl groups excluding tert-OH is 1. The molecule has 40 heteroatoms. The lowest BCUT2D eigenvalue weighted by molar-refractivity contribution is -0.139. The van der Waals surface area contributed by atoms with Crippen LogP contribution in [0.25, 0.3) is 0 Å². The lowest BCUT2D eigenvalue weighted by Crippen LogP contribution is -2.61. The van der Waals surface area contributed by atoms with Gasteiger partial charge in [-0.05, 0) is 132 Å². The number of aliphatic hydroxyl groups is 1. The Balaban J connectivity index is 2.35. The quantitative estimate of drug-likeness (QED) is 0.0127. The largest absolute Gasteiger partial charge is 0.508 e. The number of nitrogens with two attached hydrogens (primary N) is 7. The average Bonchev–Trinajstić information content (AvgIpc) is 0.856. The van der Waals surface area contributed by atoms with E-state index in [1.807, 2.05) is 13.8 Å². The van der Waals surface area contributed by atoms with Crippen LogP contribution in [-0.4, -0.2) is 208 Å². The molecule has 0 fully saturated rings. The molecule has 0 heterocycles. The van der Waals surface area contributed by atoms with Crippen molar-refractivity contribution >= 4 is 88.8 Å². The summed E-state index contributed by atoms with van der Waals surface area (Å²) in [6.07, 6.45) is -2.12. The molecule has 32 N–H and O–H groups in total. The minimum Gasteiger partial charge on any atom is -0.508 e. The van der Waals surface area contributed by atoms with Gasteiger partial charge in [-0.1, -0.05) is 58.4 Å². The number of aliphatic imine (C=N–C) groups is 2. The molecule has 2 aromatic rings. The normalized spacial score (nSPS) is 14.2. The first-order chi connectivity index (χ1) is 49.0. The van der Waals surface area contributed by atoms with Crippen molar-refractivity contribution in [3.8, 4) is 11.5 Å². The van der Waals surface area contributed by atoms with E-state index in [9.17, 15) is 82.8 Å². The van der Waals surface area contributed by atoms with E-state index < -0.39 is 169 Å². The third kappa shape index (κ3) is 36.9. The first kappa shape index (κ1) is 89.5. The molecule has 0 aliphatic heterocycles. The van der Waals surface area contributed by atoms with E-state index >= 15 is 0 Å². The van der Waals surface area contributed by atoms with Crippen molar-refractivity contribution in [3.63, 3.8) is 0 Å². The summed E-state index contributed by atoms with van der Waals surface area (Å²) in [5.41, 5.74) is 55.8. The van der Waals surface area contributed by atoms with E-state index in [0.717, 1.165) is 6.92 Å². The van der Waals surface area contributed by atoms with Gasteiger partial charge in [0.05, 0.1) is 18.7 Å². The van der Waals surface area contributed by atoms with Crippen LogP contribution in [0.1, 0.15) is 123 Å². The first-order valence-corrected chi connectivity index (χ1v) is 33.8. The summed E-state index contributed by atoms with van der Waals surface area (Å²) in [7, 11) is 0. The van der Waals surface area contributed by atoms with Gasteiger partial charge in [-0.15, -0.1) is 0 Å². The number of unbranched alkanes of at least 4 members (excludes halogenated alkanes) is 1. The van der Waals surface area contributed by atoms with E-state index in [1.54, 1.807) is 26.0 Å². The summed E-state index contributed by atoms with van der Waals surface area (Å²) in [5, 5.41) is 59.0. The van der Waals surface area contributed by atoms with Crippen molar-refractivity contribution in [1.82, 2.24) is 75.1 Å². The summed E-state index contributed by atoms with van der Waals surface area (Å²) in [4.78, 5) is 183. The highest BCUT2D eigenvalue weighted by atomic mass is 16.4. The molecule has 0 unspecified atom stereocenters. The number of phenols is 2. The molecule has 0 bridgehead atoms. The second-order valence-electron chi connectivity index (χ2n) is 25.4. The SMILES string of the molecule is CC(C)C[C@H](NNC(=O)[C@H](C)NNC(=O)[C@@H](N)Cc1ccc(O)cc1)C(=O)NN[C@@H](CCCCN)C(=O)N[C@@H](CCCN=C(N)N)C(=O)N[C@@H](CCC(N)=O)C(=O)NCC(=O)N[C@@H](CCCN=C(N)N)C(=O)N[C@H](C(=O)N[C@@H](CC(C)C)C(=O)N[C@@H](Cc1ccc(O)cc1)C(=O)NCC(=O)O)[C@@H](C)O. The Morgan fingerprint density at radius 1 is 0.442 bits per heavy atom. The molecule has 11 atom stereocenters. The van der Waals surface area contributed by atoms with Gasteiger partial charge in [0.25, 0.3) is 17.7 Å². The molecule has 2 rings (SSSR count). The second kappa shape index (κ2) is 47.6. The Morgan fingerprint density at radius 2 is 0.875 bits per heavy atom. The zero-order valence-corrected chi connectivity index (χ0v) is 59.4. The number of nitrogens with zero attached hydrogens (tertiary/aromatic N) is 2. The number of phenolic OH excluding ortho intramolecular Hbond substituents is 2. The number of carbonyl (C=O) groups excluding carboxylic acids is 12. The van der Waals surface area contributed by atoms with Crippen LogP contribution in [0.4, 0.5) is 0 Å². The highest BCUT2D eigenvalue weighted by Gasteiger charge is 2.36. The molecular formula is C64H107N23O17. The molecule has 0 aromatic heterocycles. The molecule has 0 aliphatic rings. The number of guanidine groups is 2. The summed E-state index contributed by atoms with van der Waals surface area (Å²) < 4.78 is 0.